The quantitative estimate of drug-likeness (QED) is 0.759. The van der Waals surface area contributed by atoms with Gasteiger partial charge < -0.3 is 20.7 Å². The highest BCUT2D eigenvalue weighted by atomic mass is 16.5. The molecule has 1 saturated heterocycles. The van der Waals surface area contributed by atoms with Gasteiger partial charge >= 0.3 is 0 Å². The van der Waals surface area contributed by atoms with Gasteiger partial charge in [0.25, 0.3) is 0 Å². The van der Waals surface area contributed by atoms with Crippen LogP contribution in [0.1, 0.15) is 46.0 Å². The van der Waals surface area contributed by atoms with Crippen LogP contribution >= 0.6 is 0 Å². The normalized spacial score (nSPS) is 32.6. The number of hydrogen-bond acceptors (Lipinski definition) is 4. The predicted octanol–water partition coefficient (Wildman–Crippen LogP) is 0.873. The zero-order chi connectivity index (χ0) is 14.6. The number of carbonyl (C=O) groups excluding carboxylic acids is 1. The molecule has 1 aliphatic carbocycles. The Morgan fingerprint density at radius 2 is 2.05 bits per heavy atom. The maximum absolute atomic E-state index is 11.8. The van der Waals surface area contributed by atoms with Gasteiger partial charge in [0, 0.05) is 25.7 Å². The van der Waals surface area contributed by atoms with E-state index in [2.05, 4.69) is 17.1 Å². The predicted molar refractivity (Wildman–Crippen MR) is 79.5 cm³/mol. The zero-order valence-electron chi connectivity index (χ0n) is 12.9. The molecule has 1 saturated carbocycles. The van der Waals surface area contributed by atoms with Crippen molar-refractivity contribution in [1.29, 1.82) is 0 Å². The molecule has 0 radical (unpaired) electrons. The Bertz CT molecular complexity index is 329. The number of piperidine rings is 1. The van der Waals surface area contributed by atoms with E-state index in [9.17, 15) is 4.79 Å². The fourth-order valence-corrected chi connectivity index (χ4v) is 3.78. The van der Waals surface area contributed by atoms with Gasteiger partial charge in [-0.2, -0.15) is 0 Å². The van der Waals surface area contributed by atoms with Crippen LogP contribution < -0.4 is 11.1 Å². The maximum Gasteiger partial charge on any atom is 0.237 e. The molecule has 2 rings (SSSR count). The van der Waals surface area contributed by atoms with Gasteiger partial charge in [-0.3, -0.25) is 4.79 Å². The van der Waals surface area contributed by atoms with Gasteiger partial charge in [0.1, 0.15) is 0 Å². The Labute approximate surface area is 122 Å². The van der Waals surface area contributed by atoms with Crippen LogP contribution in [0.4, 0.5) is 0 Å². The van der Waals surface area contributed by atoms with Crippen molar-refractivity contribution in [2.24, 2.45) is 5.73 Å². The SMILES string of the molecule is CCNC1(C(N)=O)CCC(N2CCC(OCC)CC2)C1. The van der Waals surface area contributed by atoms with Crippen LogP contribution in [-0.4, -0.2) is 54.7 Å². The van der Waals surface area contributed by atoms with Crippen LogP contribution in [0, 0.1) is 0 Å². The molecule has 2 atom stereocenters. The lowest BCUT2D eigenvalue weighted by Crippen LogP contribution is -2.55. The lowest BCUT2D eigenvalue weighted by atomic mass is 9.95. The molecule has 5 nitrogen and oxygen atoms in total. The van der Waals surface area contributed by atoms with Gasteiger partial charge in [-0.25, -0.2) is 0 Å². The largest absolute Gasteiger partial charge is 0.378 e. The monoisotopic (exact) mass is 283 g/mol. The smallest absolute Gasteiger partial charge is 0.237 e. The first-order valence-electron chi connectivity index (χ1n) is 8.02. The third kappa shape index (κ3) is 3.32. The summed E-state index contributed by atoms with van der Waals surface area (Å²) in [7, 11) is 0. The van der Waals surface area contributed by atoms with Gasteiger partial charge in [0.15, 0.2) is 0 Å². The van der Waals surface area contributed by atoms with Crippen molar-refractivity contribution in [2.75, 3.05) is 26.2 Å². The molecule has 1 amide bonds. The molecule has 0 aromatic rings. The molecular weight excluding hydrogens is 254 g/mol. The van der Waals surface area contributed by atoms with E-state index in [1.165, 1.54) is 0 Å². The summed E-state index contributed by atoms with van der Waals surface area (Å²) in [6.45, 7) is 7.85. The molecule has 5 heteroatoms. The first kappa shape index (κ1) is 15.7. The van der Waals surface area contributed by atoms with E-state index in [-0.39, 0.29) is 5.91 Å². The van der Waals surface area contributed by atoms with Crippen LogP contribution in [0.15, 0.2) is 0 Å². The van der Waals surface area contributed by atoms with E-state index < -0.39 is 5.54 Å². The first-order chi connectivity index (χ1) is 9.61. The number of hydrogen-bond donors (Lipinski definition) is 2. The second-order valence-electron chi connectivity index (χ2n) is 6.06. The number of nitrogens with zero attached hydrogens (tertiary/aromatic N) is 1. The van der Waals surface area contributed by atoms with Crippen molar-refractivity contribution >= 4 is 5.91 Å². The number of ether oxygens (including phenoxy) is 1. The van der Waals surface area contributed by atoms with Gasteiger partial charge in [-0.1, -0.05) is 6.92 Å². The molecule has 2 aliphatic rings. The summed E-state index contributed by atoms with van der Waals surface area (Å²) in [4.78, 5) is 14.3. The highest BCUT2D eigenvalue weighted by Gasteiger charge is 2.45. The van der Waals surface area contributed by atoms with Crippen LogP contribution in [-0.2, 0) is 9.53 Å². The molecule has 2 fully saturated rings. The summed E-state index contributed by atoms with van der Waals surface area (Å²) in [5.41, 5.74) is 5.16. The zero-order valence-corrected chi connectivity index (χ0v) is 12.9. The average molecular weight is 283 g/mol. The number of rotatable bonds is 6. The minimum absolute atomic E-state index is 0.189. The minimum atomic E-state index is -0.476. The topological polar surface area (TPSA) is 67.6 Å². The minimum Gasteiger partial charge on any atom is -0.378 e. The van der Waals surface area contributed by atoms with Crippen LogP contribution in [0.25, 0.3) is 0 Å². The summed E-state index contributed by atoms with van der Waals surface area (Å²) < 4.78 is 5.70. The number of likely N-dealkylation sites (N-methyl/N-ethyl adjacent to an activating group) is 1. The van der Waals surface area contributed by atoms with E-state index >= 15 is 0 Å². The molecule has 1 heterocycles. The fourth-order valence-electron chi connectivity index (χ4n) is 3.78. The average Bonchev–Trinajstić information content (AvgIpc) is 2.86. The van der Waals surface area contributed by atoms with Crippen LogP contribution in [0.2, 0.25) is 0 Å². The Balaban J connectivity index is 1.88. The summed E-state index contributed by atoms with van der Waals surface area (Å²) >= 11 is 0. The van der Waals surface area contributed by atoms with Gasteiger partial charge in [-0.15, -0.1) is 0 Å². The summed E-state index contributed by atoms with van der Waals surface area (Å²) in [6.07, 6.45) is 5.42. The molecule has 2 unspecified atom stereocenters. The maximum atomic E-state index is 11.8. The van der Waals surface area contributed by atoms with Crippen molar-refractivity contribution in [3.8, 4) is 0 Å². The van der Waals surface area contributed by atoms with Gasteiger partial charge in [0.2, 0.25) is 5.91 Å². The summed E-state index contributed by atoms with van der Waals surface area (Å²) in [5.74, 6) is -0.189. The van der Waals surface area contributed by atoms with Crippen molar-refractivity contribution in [3.63, 3.8) is 0 Å². The number of carbonyl (C=O) groups is 1. The second-order valence-corrected chi connectivity index (χ2v) is 6.06. The second kappa shape index (κ2) is 6.87. The number of nitrogens with two attached hydrogens (primary N) is 1. The highest BCUT2D eigenvalue weighted by Crippen LogP contribution is 2.34. The number of amides is 1. The van der Waals surface area contributed by atoms with Gasteiger partial charge in [0.05, 0.1) is 11.6 Å². The van der Waals surface area contributed by atoms with E-state index in [0.29, 0.717) is 12.1 Å². The number of primary amides is 1. The van der Waals surface area contributed by atoms with E-state index in [0.717, 1.165) is 58.3 Å². The number of likely N-dealkylation sites (tertiary alicyclic amines) is 1. The fraction of sp³-hybridized carbons (Fsp3) is 0.933. The third-order valence-electron chi connectivity index (χ3n) is 4.87. The Morgan fingerprint density at radius 1 is 1.35 bits per heavy atom. The molecule has 0 bridgehead atoms. The molecule has 0 spiro atoms. The van der Waals surface area contributed by atoms with E-state index in [1.54, 1.807) is 0 Å². The molecule has 3 N–H and O–H groups in total. The first-order valence-corrected chi connectivity index (χ1v) is 8.02. The Hall–Kier alpha value is -0.650. The van der Waals surface area contributed by atoms with Crippen molar-refractivity contribution in [2.45, 2.75) is 63.6 Å². The Morgan fingerprint density at radius 3 is 2.60 bits per heavy atom. The molecular formula is C15H29N3O2. The molecule has 0 aromatic carbocycles. The molecule has 20 heavy (non-hydrogen) atoms. The molecule has 0 aromatic heterocycles. The summed E-state index contributed by atoms with van der Waals surface area (Å²) in [6, 6.07) is 0.490. The Kier molecular flexibility index (Phi) is 5.41. The standard InChI is InChI=1S/C15H29N3O2/c1-3-17-15(14(16)19)8-5-12(11-15)18-9-6-13(7-10-18)20-4-2/h12-13,17H,3-11H2,1-2H3,(H2,16,19). The van der Waals surface area contributed by atoms with Crippen LogP contribution in [0.5, 0.6) is 0 Å². The van der Waals surface area contributed by atoms with Crippen molar-refractivity contribution in [3.05, 3.63) is 0 Å². The highest BCUT2D eigenvalue weighted by molar-refractivity contribution is 5.85. The van der Waals surface area contributed by atoms with Crippen molar-refractivity contribution < 1.29 is 9.53 Å². The third-order valence-corrected chi connectivity index (χ3v) is 4.87. The van der Waals surface area contributed by atoms with Crippen LogP contribution in [0.3, 0.4) is 0 Å². The van der Waals surface area contributed by atoms with E-state index in [1.807, 2.05) is 6.92 Å². The van der Waals surface area contributed by atoms with Gasteiger partial charge in [-0.05, 0) is 45.6 Å². The lowest BCUT2D eigenvalue weighted by molar-refractivity contribution is -0.124. The van der Waals surface area contributed by atoms with E-state index in [4.69, 9.17) is 10.5 Å². The molecule has 116 valence electrons. The van der Waals surface area contributed by atoms with Crippen molar-refractivity contribution in [1.82, 2.24) is 10.2 Å². The molecule has 1 aliphatic heterocycles. The lowest BCUT2D eigenvalue weighted by Gasteiger charge is -2.36. The number of nitrogens with one attached hydrogen (secondary N) is 1. The summed E-state index contributed by atoms with van der Waals surface area (Å²) in [5, 5.41) is 3.33.